The second-order valence-electron chi connectivity index (χ2n) is 4.87. The molecular weight excluding hydrogens is 314 g/mol. The van der Waals surface area contributed by atoms with Gasteiger partial charge in [-0.25, -0.2) is 13.2 Å². The summed E-state index contributed by atoms with van der Waals surface area (Å²) in [7, 11) is -2.28. The van der Waals surface area contributed by atoms with E-state index < -0.39 is 16.0 Å². The summed E-state index contributed by atoms with van der Waals surface area (Å²) in [6.07, 6.45) is 1.36. The summed E-state index contributed by atoms with van der Waals surface area (Å²) in [5.41, 5.74) is 0.101. The van der Waals surface area contributed by atoms with Crippen LogP contribution >= 0.6 is 11.6 Å². The third-order valence-electron chi connectivity index (χ3n) is 3.67. The lowest BCUT2D eigenvalue weighted by Crippen LogP contribution is -2.36. The van der Waals surface area contributed by atoms with E-state index in [0.29, 0.717) is 12.8 Å². The Balaban J connectivity index is 3.48. The minimum Gasteiger partial charge on any atom is -0.478 e. The molecule has 0 aliphatic carbocycles. The van der Waals surface area contributed by atoms with E-state index in [1.807, 2.05) is 13.8 Å². The van der Waals surface area contributed by atoms with Crippen molar-refractivity contribution in [1.82, 2.24) is 4.31 Å². The first kappa shape index (κ1) is 17.9. The molecule has 7 heteroatoms. The highest BCUT2D eigenvalue weighted by Crippen LogP contribution is 2.28. The summed E-state index contributed by atoms with van der Waals surface area (Å²) in [6, 6.07) is 2.43. The summed E-state index contributed by atoms with van der Waals surface area (Å²) in [6.45, 7) is 5.30. The van der Waals surface area contributed by atoms with E-state index in [9.17, 15) is 13.2 Å². The van der Waals surface area contributed by atoms with Crippen molar-refractivity contribution in [3.8, 4) is 0 Å². The minimum atomic E-state index is -3.79. The Morgan fingerprint density at radius 3 is 2.29 bits per heavy atom. The molecule has 1 aromatic rings. The predicted octanol–water partition coefficient (Wildman–Crippen LogP) is 3.16. The van der Waals surface area contributed by atoms with Crippen LogP contribution in [0.25, 0.3) is 0 Å². The third kappa shape index (κ3) is 3.56. The van der Waals surface area contributed by atoms with Crippen molar-refractivity contribution in [2.75, 3.05) is 7.05 Å². The fourth-order valence-corrected chi connectivity index (χ4v) is 4.35. The molecular formula is C14H20ClNO4S. The maximum Gasteiger partial charge on any atom is 0.336 e. The molecule has 0 aliphatic heterocycles. The SMILES string of the molecule is CCC(CC)N(C)S(=O)(=O)c1cc(Cl)cc(C(=O)O)c1C. The van der Waals surface area contributed by atoms with Gasteiger partial charge in [-0.2, -0.15) is 4.31 Å². The highest BCUT2D eigenvalue weighted by Gasteiger charge is 2.29. The normalized spacial score (nSPS) is 12.1. The molecule has 118 valence electrons. The maximum absolute atomic E-state index is 12.7. The lowest BCUT2D eigenvalue weighted by atomic mass is 10.1. The first-order valence-electron chi connectivity index (χ1n) is 6.68. The van der Waals surface area contributed by atoms with Crippen LogP contribution < -0.4 is 0 Å². The standard InChI is InChI=1S/C14H20ClNO4S/c1-5-11(6-2)16(4)21(19,20)13-8-10(15)7-12(9(13)3)14(17)18/h7-8,11H,5-6H2,1-4H3,(H,17,18). The summed E-state index contributed by atoms with van der Waals surface area (Å²) in [5, 5.41) is 9.25. The van der Waals surface area contributed by atoms with Gasteiger partial charge in [0.1, 0.15) is 0 Å². The quantitative estimate of drug-likeness (QED) is 0.867. The molecule has 0 saturated carbocycles. The molecule has 0 bridgehead atoms. The number of hydrogen-bond donors (Lipinski definition) is 1. The van der Waals surface area contributed by atoms with E-state index in [2.05, 4.69) is 0 Å². The molecule has 0 fully saturated rings. The Hall–Kier alpha value is -1.11. The zero-order valence-electron chi connectivity index (χ0n) is 12.6. The van der Waals surface area contributed by atoms with Gasteiger partial charge >= 0.3 is 5.97 Å². The Morgan fingerprint density at radius 2 is 1.86 bits per heavy atom. The Labute approximate surface area is 130 Å². The van der Waals surface area contributed by atoms with Crippen molar-refractivity contribution < 1.29 is 18.3 Å². The van der Waals surface area contributed by atoms with Crippen LogP contribution in [0.4, 0.5) is 0 Å². The van der Waals surface area contributed by atoms with Crippen molar-refractivity contribution in [2.24, 2.45) is 0 Å². The minimum absolute atomic E-state index is 0.0539. The molecule has 0 radical (unpaired) electrons. The first-order chi connectivity index (χ1) is 9.66. The smallest absolute Gasteiger partial charge is 0.336 e. The summed E-state index contributed by atoms with van der Waals surface area (Å²) in [4.78, 5) is 11.1. The highest BCUT2D eigenvalue weighted by molar-refractivity contribution is 7.89. The Morgan fingerprint density at radius 1 is 1.33 bits per heavy atom. The van der Waals surface area contributed by atoms with Crippen LogP contribution in [0.5, 0.6) is 0 Å². The van der Waals surface area contributed by atoms with Crippen molar-refractivity contribution in [1.29, 1.82) is 0 Å². The number of hydrogen-bond acceptors (Lipinski definition) is 3. The van der Waals surface area contributed by atoms with E-state index in [4.69, 9.17) is 16.7 Å². The second kappa shape index (κ2) is 6.77. The van der Waals surface area contributed by atoms with Gasteiger partial charge in [-0.3, -0.25) is 0 Å². The summed E-state index contributed by atoms with van der Waals surface area (Å²) < 4.78 is 26.7. The summed E-state index contributed by atoms with van der Waals surface area (Å²) >= 11 is 5.88. The molecule has 21 heavy (non-hydrogen) atoms. The van der Waals surface area contributed by atoms with Gasteiger partial charge in [-0.1, -0.05) is 25.4 Å². The first-order valence-corrected chi connectivity index (χ1v) is 8.50. The number of carboxylic acid groups (broad SMARTS) is 1. The van der Waals surface area contributed by atoms with Gasteiger partial charge in [0.25, 0.3) is 0 Å². The molecule has 0 heterocycles. The predicted molar refractivity (Wildman–Crippen MR) is 82.5 cm³/mol. The zero-order valence-corrected chi connectivity index (χ0v) is 14.1. The average Bonchev–Trinajstić information content (AvgIpc) is 2.41. The molecule has 1 aromatic carbocycles. The molecule has 0 aromatic heterocycles. The lowest BCUT2D eigenvalue weighted by Gasteiger charge is -2.26. The molecule has 0 unspecified atom stereocenters. The third-order valence-corrected chi connectivity index (χ3v) is 5.92. The Bertz CT molecular complexity index is 639. The molecule has 1 rings (SSSR count). The van der Waals surface area contributed by atoms with Crippen LogP contribution in [-0.4, -0.2) is 36.9 Å². The fourth-order valence-electron chi connectivity index (χ4n) is 2.30. The Kier molecular flexibility index (Phi) is 5.78. The van der Waals surface area contributed by atoms with E-state index in [-0.39, 0.29) is 27.1 Å². The number of aromatic carboxylic acids is 1. The number of halogens is 1. The molecule has 0 saturated heterocycles. The monoisotopic (exact) mass is 333 g/mol. The van der Waals surface area contributed by atoms with E-state index in [1.165, 1.54) is 30.4 Å². The van der Waals surface area contributed by atoms with Crippen LogP contribution in [0.3, 0.4) is 0 Å². The van der Waals surface area contributed by atoms with Crippen LogP contribution in [0.2, 0.25) is 5.02 Å². The highest BCUT2D eigenvalue weighted by atomic mass is 35.5. The largest absolute Gasteiger partial charge is 0.478 e. The maximum atomic E-state index is 12.7. The van der Waals surface area contributed by atoms with Gasteiger partial charge in [0.15, 0.2) is 0 Å². The number of sulfonamides is 1. The second-order valence-corrected chi connectivity index (χ2v) is 7.28. The number of nitrogens with zero attached hydrogens (tertiary/aromatic N) is 1. The lowest BCUT2D eigenvalue weighted by molar-refractivity contribution is 0.0696. The van der Waals surface area contributed by atoms with Gasteiger partial charge < -0.3 is 5.11 Å². The number of rotatable bonds is 6. The molecule has 0 amide bonds. The number of carboxylic acids is 1. The van der Waals surface area contributed by atoms with Crippen molar-refractivity contribution in [2.45, 2.75) is 44.6 Å². The number of carbonyl (C=O) groups is 1. The molecule has 0 aliphatic rings. The van der Waals surface area contributed by atoms with Crippen LogP contribution in [-0.2, 0) is 10.0 Å². The summed E-state index contributed by atoms with van der Waals surface area (Å²) in [5.74, 6) is -1.20. The van der Waals surface area contributed by atoms with Gasteiger partial charge in [0, 0.05) is 18.1 Å². The van der Waals surface area contributed by atoms with Crippen LogP contribution in [0.15, 0.2) is 17.0 Å². The van der Waals surface area contributed by atoms with Gasteiger partial charge in [-0.15, -0.1) is 0 Å². The van der Waals surface area contributed by atoms with Crippen molar-refractivity contribution in [3.63, 3.8) is 0 Å². The zero-order chi connectivity index (χ0) is 16.4. The van der Waals surface area contributed by atoms with Crippen molar-refractivity contribution in [3.05, 3.63) is 28.3 Å². The fraction of sp³-hybridized carbons (Fsp3) is 0.500. The molecule has 0 spiro atoms. The van der Waals surface area contributed by atoms with Crippen LogP contribution in [0.1, 0.15) is 42.6 Å². The molecule has 0 atom stereocenters. The average molecular weight is 334 g/mol. The molecule has 5 nitrogen and oxygen atoms in total. The number of benzene rings is 1. The van der Waals surface area contributed by atoms with Crippen molar-refractivity contribution >= 4 is 27.6 Å². The van der Waals surface area contributed by atoms with Gasteiger partial charge in [0.05, 0.1) is 10.5 Å². The van der Waals surface area contributed by atoms with Gasteiger partial charge in [-0.05, 0) is 37.5 Å². The van der Waals surface area contributed by atoms with Crippen LogP contribution in [0, 0.1) is 6.92 Å². The van der Waals surface area contributed by atoms with Gasteiger partial charge in [0.2, 0.25) is 10.0 Å². The topological polar surface area (TPSA) is 74.7 Å². The molecule has 1 N–H and O–H groups in total. The van der Waals surface area contributed by atoms with E-state index in [1.54, 1.807) is 0 Å². The van der Waals surface area contributed by atoms with E-state index >= 15 is 0 Å². The van der Waals surface area contributed by atoms with E-state index in [0.717, 1.165) is 0 Å².